The van der Waals surface area contributed by atoms with E-state index in [0.29, 0.717) is 0 Å². The second-order valence-electron chi connectivity index (χ2n) is 6.44. The number of halogens is 6. The van der Waals surface area contributed by atoms with E-state index in [4.69, 9.17) is 11.5 Å². The lowest BCUT2D eigenvalue weighted by atomic mass is 10.00. The van der Waals surface area contributed by atoms with Crippen LogP contribution in [0.25, 0.3) is 0 Å². The van der Waals surface area contributed by atoms with Crippen LogP contribution >= 0.6 is 11.8 Å². The molecule has 168 valence electrons. The molecule has 0 radical (unpaired) electrons. The summed E-state index contributed by atoms with van der Waals surface area (Å²) >= 11 is 0.0929. The van der Waals surface area contributed by atoms with Crippen molar-refractivity contribution in [3.05, 3.63) is 76.5 Å². The number of hydrogen-bond donors (Lipinski definition) is 3. The first-order valence-electron chi connectivity index (χ1n) is 8.79. The quantitative estimate of drug-likeness (QED) is 0.334. The van der Waals surface area contributed by atoms with Crippen LogP contribution in [0.15, 0.2) is 41.4 Å². The van der Waals surface area contributed by atoms with Gasteiger partial charge in [0, 0.05) is 17.5 Å². The Kier molecular flexibility index (Phi) is 6.82. The van der Waals surface area contributed by atoms with Crippen LogP contribution in [0.4, 0.5) is 43.5 Å². The molecule has 0 spiro atoms. The molecular weight excluding hydrogens is 458 g/mol. The second kappa shape index (κ2) is 9.39. The Morgan fingerprint density at radius 2 is 1.75 bits per heavy atom. The van der Waals surface area contributed by atoms with Crippen LogP contribution in [0, 0.1) is 23.3 Å². The predicted octanol–water partition coefficient (Wildman–Crippen LogP) is 4.97. The van der Waals surface area contributed by atoms with Crippen molar-refractivity contribution < 1.29 is 31.1 Å². The molecule has 32 heavy (non-hydrogen) atoms. The Bertz CT molecular complexity index is 1190. The van der Waals surface area contributed by atoms with Gasteiger partial charge >= 0.3 is 0 Å². The van der Waals surface area contributed by atoms with Crippen molar-refractivity contribution in [1.29, 1.82) is 0 Å². The standard InChI is InChI=1S/C20H14F6N4OS/c21-12-7-10(32-20(25)26)1-2-13(12)30-17-11(19(28)31)6-9(14(22)16(17)24)5-8-3-4-29-18(27)15(8)23/h1-4,6-7,20,30H,5H2,(H2,27,29)(H2,28,31). The summed E-state index contributed by atoms with van der Waals surface area (Å²) in [7, 11) is 0. The maximum Gasteiger partial charge on any atom is 0.288 e. The fourth-order valence-electron chi connectivity index (χ4n) is 2.88. The number of rotatable bonds is 7. The van der Waals surface area contributed by atoms with Crippen LogP contribution in [0.3, 0.4) is 0 Å². The molecule has 2 aromatic carbocycles. The van der Waals surface area contributed by atoms with Crippen molar-refractivity contribution in [3.63, 3.8) is 0 Å². The number of carbonyl (C=O) groups is 1. The zero-order chi connectivity index (χ0) is 23.6. The predicted molar refractivity (Wildman–Crippen MR) is 108 cm³/mol. The van der Waals surface area contributed by atoms with Crippen LogP contribution in [0.2, 0.25) is 0 Å². The van der Waals surface area contributed by atoms with E-state index in [9.17, 15) is 31.1 Å². The summed E-state index contributed by atoms with van der Waals surface area (Å²) in [4.78, 5) is 15.3. The van der Waals surface area contributed by atoms with Gasteiger partial charge in [-0.3, -0.25) is 4.79 Å². The van der Waals surface area contributed by atoms with Crippen LogP contribution in [-0.2, 0) is 6.42 Å². The molecule has 1 aromatic heterocycles. The molecule has 0 aliphatic rings. The minimum absolute atomic E-state index is 0.0929. The Hall–Kier alpha value is -3.41. The number of nitrogens with two attached hydrogens (primary N) is 2. The van der Waals surface area contributed by atoms with E-state index in [-0.39, 0.29) is 22.2 Å². The maximum absolute atomic E-state index is 14.8. The van der Waals surface area contributed by atoms with Crippen molar-refractivity contribution >= 4 is 34.9 Å². The van der Waals surface area contributed by atoms with Crippen LogP contribution < -0.4 is 16.8 Å². The summed E-state index contributed by atoms with van der Waals surface area (Å²) in [6.07, 6.45) is 0.696. The maximum atomic E-state index is 14.8. The Morgan fingerprint density at radius 1 is 1.03 bits per heavy atom. The molecule has 1 heterocycles. The molecule has 5 N–H and O–H groups in total. The van der Waals surface area contributed by atoms with Crippen LogP contribution in [0.1, 0.15) is 21.5 Å². The minimum Gasteiger partial charge on any atom is -0.381 e. The van der Waals surface area contributed by atoms with Gasteiger partial charge in [0.2, 0.25) is 0 Å². The van der Waals surface area contributed by atoms with Gasteiger partial charge in [0.05, 0.1) is 16.9 Å². The molecule has 0 atom stereocenters. The Balaban J connectivity index is 2.01. The zero-order valence-corrected chi connectivity index (χ0v) is 16.8. The average molecular weight is 472 g/mol. The van der Waals surface area contributed by atoms with E-state index in [1.54, 1.807) is 0 Å². The number of anilines is 3. The highest BCUT2D eigenvalue weighted by Crippen LogP contribution is 2.33. The molecular formula is C20H14F6N4OS. The number of pyridine rings is 1. The van der Waals surface area contributed by atoms with Crippen LogP contribution in [0.5, 0.6) is 0 Å². The lowest BCUT2D eigenvalue weighted by molar-refractivity contribution is 0.100. The molecule has 0 bridgehead atoms. The summed E-state index contributed by atoms with van der Waals surface area (Å²) in [5.41, 5.74) is 8.41. The molecule has 5 nitrogen and oxygen atoms in total. The largest absolute Gasteiger partial charge is 0.381 e. The molecule has 0 saturated heterocycles. The number of carbonyl (C=O) groups excluding carboxylic acids is 1. The monoisotopic (exact) mass is 472 g/mol. The Labute approximate surface area is 181 Å². The van der Waals surface area contributed by atoms with Gasteiger partial charge in [0.15, 0.2) is 23.3 Å². The van der Waals surface area contributed by atoms with Gasteiger partial charge in [0.25, 0.3) is 11.7 Å². The normalized spacial score (nSPS) is 11.1. The number of alkyl halides is 2. The van der Waals surface area contributed by atoms with E-state index in [1.165, 1.54) is 12.3 Å². The SMILES string of the molecule is NC(=O)c1cc(Cc2ccnc(N)c2F)c(F)c(F)c1Nc1ccc(SC(F)F)cc1F. The molecule has 3 rings (SSSR count). The molecule has 3 aromatic rings. The van der Waals surface area contributed by atoms with Gasteiger partial charge in [0.1, 0.15) is 5.82 Å². The summed E-state index contributed by atoms with van der Waals surface area (Å²) in [5.74, 6) is -9.38. The van der Waals surface area contributed by atoms with Gasteiger partial charge < -0.3 is 16.8 Å². The lowest BCUT2D eigenvalue weighted by Gasteiger charge is -2.16. The van der Waals surface area contributed by atoms with Gasteiger partial charge in [-0.05, 0) is 41.5 Å². The van der Waals surface area contributed by atoms with Crippen molar-refractivity contribution in [2.45, 2.75) is 17.1 Å². The lowest BCUT2D eigenvalue weighted by Crippen LogP contribution is -2.17. The summed E-state index contributed by atoms with van der Waals surface area (Å²) in [6.45, 7) is 0. The minimum atomic E-state index is -2.78. The molecule has 1 amide bonds. The highest BCUT2D eigenvalue weighted by Gasteiger charge is 2.23. The third kappa shape index (κ3) is 4.90. The summed E-state index contributed by atoms with van der Waals surface area (Å²) in [6, 6.07) is 5.02. The molecule has 0 aliphatic carbocycles. The third-order valence-electron chi connectivity index (χ3n) is 4.35. The number of aromatic nitrogens is 1. The zero-order valence-electron chi connectivity index (χ0n) is 15.9. The number of amides is 1. The second-order valence-corrected chi connectivity index (χ2v) is 7.51. The first-order chi connectivity index (χ1) is 15.1. The summed E-state index contributed by atoms with van der Waals surface area (Å²) in [5, 5.41) is 2.23. The molecule has 0 fully saturated rings. The summed E-state index contributed by atoms with van der Waals surface area (Å²) < 4.78 is 82.8. The third-order valence-corrected chi connectivity index (χ3v) is 5.05. The van der Waals surface area contributed by atoms with E-state index < -0.39 is 69.7 Å². The molecule has 12 heteroatoms. The number of hydrogen-bond acceptors (Lipinski definition) is 5. The average Bonchev–Trinajstić information content (AvgIpc) is 2.71. The van der Waals surface area contributed by atoms with E-state index in [1.807, 2.05) is 0 Å². The highest BCUT2D eigenvalue weighted by molar-refractivity contribution is 7.99. The van der Waals surface area contributed by atoms with E-state index in [2.05, 4.69) is 10.3 Å². The fraction of sp³-hybridized carbons (Fsp3) is 0.100. The van der Waals surface area contributed by atoms with Gasteiger partial charge in [-0.15, -0.1) is 0 Å². The Morgan fingerprint density at radius 3 is 2.38 bits per heavy atom. The number of primary amides is 1. The molecule has 0 aliphatic heterocycles. The van der Waals surface area contributed by atoms with E-state index >= 15 is 0 Å². The van der Waals surface area contributed by atoms with Crippen molar-refractivity contribution in [2.24, 2.45) is 5.73 Å². The number of nitrogens with zero attached hydrogens (tertiary/aromatic N) is 1. The van der Waals surface area contributed by atoms with Gasteiger partial charge in [-0.2, -0.15) is 8.78 Å². The number of benzene rings is 2. The van der Waals surface area contributed by atoms with Crippen molar-refractivity contribution in [2.75, 3.05) is 11.1 Å². The fourth-order valence-corrected chi connectivity index (χ4v) is 3.40. The first-order valence-corrected chi connectivity index (χ1v) is 9.67. The molecule has 0 saturated carbocycles. The van der Waals surface area contributed by atoms with E-state index in [0.717, 1.165) is 24.3 Å². The van der Waals surface area contributed by atoms with Gasteiger partial charge in [-0.1, -0.05) is 11.8 Å². The topological polar surface area (TPSA) is 94.0 Å². The van der Waals surface area contributed by atoms with Crippen molar-refractivity contribution in [1.82, 2.24) is 4.98 Å². The smallest absolute Gasteiger partial charge is 0.288 e. The molecule has 0 unspecified atom stereocenters. The highest BCUT2D eigenvalue weighted by atomic mass is 32.2. The van der Waals surface area contributed by atoms with Gasteiger partial charge in [-0.25, -0.2) is 22.5 Å². The number of nitrogen functional groups attached to an aromatic ring is 1. The number of nitrogens with one attached hydrogen (secondary N) is 1. The van der Waals surface area contributed by atoms with Crippen molar-refractivity contribution in [3.8, 4) is 0 Å². The van der Waals surface area contributed by atoms with Crippen LogP contribution in [-0.4, -0.2) is 16.6 Å². The first kappa shape index (κ1) is 23.3. The number of thioether (sulfide) groups is 1.